The molecule has 1 aromatic rings. The fourth-order valence-corrected chi connectivity index (χ4v) is 2.78. The second-order valence-electron chi connectivity index (χ2n) is 7.04. The zero-order valence-corrected chi connectivity index (χ0v) is 12.6. The summed E-state index contributed by atoms with van der Waals surface area (Å²) in [5, 5.41) is 0. The Bertz CT molecular complexity index is 462. The molecule has 0 amide bonds. The molecule has 2 unspecified atom stereocenters. The molecule has 0 N–H and O–H groups in total. The number of hydrogen-bond acceptors (Lipinski definition) is 2. The van der Waals surface area contributed by atoms with E-state index >= 15 is 0 Å². The first-order valence-corrected chi connectivity index (χ1v) is 7.22. The van der Waals surface area contributed by atoms with E-state index in [1.807, 2.05) is 0 Å². The first kappa shape index (κ1) is 13.2. The molecule has 19 heavy (non-hydrogen) atoms. The monoisotopic (exact) mass is 258 g/mol. The van der Waals surface area contributed by atoms with Crippen LogP contribution in [0.4, 0.5) is 0 Å². The molecule has 3 rings (SSSR count). The Morgan fingerprint density at radius 2 is 1.53 bits per heavy atom. The van der Waals surface area contributed by atoms with E-state index in [9.17, 15) is 0 Å². The number of aryl methyl sites for hydroxylation is 1. The Morgan fingerprint density at radius 3 is 2.05 bits per heavy atom. The van der Waals surface area contributed by atoms with Gasteiger partial charge in [-0.3, -0.25) is 0 Å². The molecule has 2 fully saturated rings. The van der Waals surface area contributed by atoms with Crippen molar-refractivity contribution in [3.8, 4) is 0 Å². The molecular formula is C16H23BO2. The van der Waals surface area contributed by atoms with Crippen molar-refractivity contribution in [2.75, 3.05) is 0 Å². The zero-order valence-electron chi connectivity index (χ0n) is 12.6. The molecule has 1 aliphatic heterocycles. The van der Waals surface area contributed by atoms with Crippen LogP contribution in [-0.4, -0.2) is 18.3 Å². The predicted octanol–water partition coefficient (Wildman–Crippen LogP) is 3.94. The highest BCUT2D eigenvalue weighted by Crippen LogP contribution is 2.58. The summed E-state index contributed by atoms with van der Waals surface area (Å²) in [5.74, 6) is 1.12. The third kappa shape index (κ3) is 2.23. The molecule has 0 spiro atoms. The standard InChI is InChI=1S/C16H23BO2/c1-11-6-8-12(9-7-11)13-10-14(13)17-18-15(2,3)16(4,5)19-17/h6-9,13-14H,10H2,1-5H3. The summed E-state index contributed by atoms with van der Waals surface area (Å²) < 4.78 is 12.3. The molecule has 1 aliphatic carbocycles. The molecule has 0 bridgehead atoms. The molecule has 1 saturated carbocycles. The molecule has 0 aromatic heterocycles. The molecule has 1 heterocycles. The van der Waals surface area contributed by atoms with Gasteiger partial charge < -0.3 is 9.31 Å². The van der Waals surface area contributed by atoms with Crippen molar-refractivity contribution in [1.29, 1.82) is 0 Å². The van der Waals surface area contributed by atoms with E-state index in [0.29, 0.717) is 11.7 Å². The molecule has 3 heteroatoms. The Morgan fingerprint density at radius 1 is 1.00 bits per heavy atom. The van der Waals surface area contributed by atoms with Crippen molar-refractivity contribution in [2.45, 2.75) is 64.0 Å². The Labute approximate surface area is 116 Å². The van der Waals surface area contributed by atoms with Gasteiger partial charge in [0.1, 0.15) is 0 Å². The third-order valence-electron chi connectivity index (χ3n) is 4.97. The maximum atomic E-state index is 6.14. The first-order chi connectivity index (χ1) is 8.80. The molecule has 2 atom stereocenters. The van der Waals surface area contributed by atoms with Crippen LogP contribution < -0.4 is 0 Å². The summed E-state index contributed by atoms with van der Waals surface area (Å²) in [4.78, 5) is 0. The third-order valence-corrected chi connectivity index (χ3v) is 4.97. The quantitative estimate of drug-likeness (QED) is 0.748. The minimum Gasteiger partial charge on any atom is -0.403 e. The van der Waals surface area contributed by atoms with E-state index in [1.54, 1.807) is 0 Å². The highest BCUT2D eigenvalue weighted by Gasteiger charge is 2.59. The van der Waals surface area contributed by atoms with Crippen molar-refractivity contribution in [2.24, 2.45) is 0 Å². The van der Waals surface area contributed by atoms with Crippen LogP contribution in [-0.2, 0) is 9.31 Å². The van der Waals surface area contributed by atoms with Crippen molar-refractivity contribution in [3.05, 3.63) is 35.4 Å². The molecule has 102 valence electrons. The van der Waals surface area contributed by atoms with Crippen LogP contribution in [0.25, 0.3) is 0 Å². The second kappa shape index (κ2) is 4.10. The maximum Gasteiger partial charge on any atom is 0.461 e. The lowest BCUT2D eigenvalue weighted by atomic mass is 9.79. The van der Waals surface area contributed by atoms with E-state index in [1.165, 1.54) is 17.5 Å². The zero-order chi connectivity index (χ0) is 13.8. The second-order valence-corrected chi connectivity index (χ2v) is 7.04. The fraction of sp³-hybridized carbons (Fsp3) is 0.625. The van der Waals surface area contributed by atoms with Gasteiger partial charge in [-0.15, -0.1) is 0 Å². The Balaban J connectivity index is 1.70. The average Bonchev–Trinajstić information content (AvgIpc) is 3.04. The summed E-state index contributed by atoms with van der Waals surface area (Å²) in [6.07, 6.45) is 1.18. The fourth-order valence-electron chi connectivity index (χ4n) is 2.78. The summed E-state index contributed by atoms with van der Waals surface area (Å²) >= 11 is 0. The van der Waals surface area contributed by atoms with Gasteiger partial charge in [0.15, 0.2) is 0 Å². The highest BCUT2D eigenvalue weighted by molar-refractivity contribution is 6.49. The van der Waals surface area contributed by atoms with E-state index in [2.05, 4.69) is 58.9 Å². The minimum absolute atomic E-state index is 0.0451. The van der Waals surface area contributed by atoms with Gasteiger partial charge in [-0.1, -0.05) is 29.8 Å². The van der Waals surface area contributed by atoms with Gasteiger partial charge >= 0.3 is 7.12 Å². The number of benzene rings is 1. The van der Waals surface area contributed by atoms with E-state index in [4.69, 9.17) is 9.31 Å². The lowest BCUT2D eigenvalue weighted by Crippen LogP contribution is -2.41. The molecular weight excluding hydrogens is 235 g/mol. The lowest BCUT2D eigenvalue weighted by Gasteiger charge is -2.32. The van der Waals surface area contributed by atoms with Gasteiger partial charge in [0.2, 0.25) is 0 Å². The Hall–Kier alpha value is -0.795. The van der Waals surface area contributed by atoms with Gasteiger partial charge in [-0.2, -0.15) is 0 Å². The first-order valence-electron chi connectivity index (χ1n) is 7.22. The van der Waals surface area contributed by atoms with E-state index in [0.717, 1.165) is 0 Å². The van der Waals surface area contributed by atoms with Crippen molar-refractivity contribution in [1.82, 2.24) is 0 Å². The van der Waals surface area contributed by atoms with Gasteiger partial charge in [-0.05, 0) is 52.5 Å². The van der Waals surface area contributed by atoms with Gasteiger partial charge in [0.05, 0.1) is 11.2 Å². The van der Waals surface area contributed by atoms with Crippen LogP contribution in [0.2, 0.25) is 5.82 Å². The molecule has 2 nitrogen and oxygen atoms in total. The largest absolute Gasteiger partial charge is 0.461 e. The van der Waals surface area contributed by atoms with Crippen LogP contribution in [0.15, 0.2) is 24.3 Å². The van der Waals surface area contributed by atoms with Crippen molar-refractivity contribution >= 4 is 7.12 Å². The maximum absolute atomic E-state index is 6.14. The molecule has 2 aliphatic rings. The van der Waals surface area contributed by atoms with Crippen molar-refractivity contribution in [3.63, 3.8) is 0 Å². The normalized spacial score (nSPS) is 31.5. The Kier molecular flexibility index (Phi) is 2.85. The van der Waals surface area contributed by atoms with Crippen LogP contribution in [0.3, 0.4) is 0 Å². The van der Waals surface area contributed by atoms with E-state index < -0.39 is 0 Å². The van der Waals surface area contributed by atoms with Crippen LogP contribution in [0.5, 0.6) is 0 Å². The molecule has 1 aromatic carbocycles. The van der Waals surface area contributed by atoms with Gasteiger partial charge in [0.25, 0.3) is 0 Å². The lowest BCUT2D eigenvalue weighted by molar-refractivity contribution is 0.00578. The topological polar surface area (TPSA) is 18.5 Å². The van der Waals surface area contributed by atoms with E-state index in [-0.39, 0.29) is 18.3 Å². The van der Waals surface area contributed by atoms with Crippen LogP contribution in [0, 0.1) is 6.92 Å². The summed E-state index contributed by atoms with van der Waals surface area (Å²) in [6, 6.07) is 8.86. The summed E-state index contributed by atoms with van der Waals surface area (Å²) in [6.45, 7) is 10.6. The number of hydrogen-bond donors (Lipinski definition) is 0. The molecule has 0 radical (unpaired) electrons. The predicted molar refractivity (Wildman–Crippen MR) is 78.4 cm³/mol. The van der Waals surface area contributed by atoms with Crippen LogP contribution >= 0.6 is 0 Å². The van der Waals surface area contributed by atoms with Crippen LogP contribution in [0.1, 0.15) is 51.2 Å². The summed E-state index contributed by atoms with van der Waals surface area (Å²) in [5.41, 5.74) is 2.32. The SMILES string of the molecule is Cc1ccc(C2CC2B2OC(C)(C)C(C)(C)O2)cc1. The summed E-state index contributed by atoms with van der Waals surface area (Å²) in [7, 11) is -0.0451. The minimum atomic E-state index is -0.210. The van der Waals surface area contributed by atoms with Gasteiger partial charge in [0, 0.05) is 5.82 Å². The average molecular weight is 258 g/mol. The molecule has 1 saturated heterocycles. The number of rotatable bonds is 2. The smallest absolute Gasteiger partial charge is 0.403 e. The highest BCUT2D eigenvalue weighted by atomic mass is 16.7. The van der Waals surface area contributed by atoms with Gasteiger partial charge in [-0.25, -0.2) is 0 Å². The van der Waals surface area contributed by atoms with Crippen molar-refractivity contribution < 1.29 is 9.31 Å².